The maximum absolute atomic E-state index is 6.70. The van der Waals surface area contributed by atoms with Gasteiger partial charge >= 0.3 is 0 Å². The highest BCUT2D eigenvalue weighted by Crippen LogP contribution is 2.55. The Kier molecular flexibility index (Phi) is 7.78. The molecule has 5 aromatic rings. The van der Waals surface area contributed by atoms with Crippen molar-refractivity contribution >= 4 is 40.8 Å². The van der Waals surface area contributed by atoms with Crippen LogP contribution in [0.5, 0.6) is 5.88 Å². The van der Waals surface area contributed by atoms with Crippen LogP contribution in [0, 0.1) is 0 Å². The van der Waals surface area contributed by atoms with Gasteiger partial charge in [0.25, 0.3) is 8.32 Å². The van der Waals surface area contributed by atoms with Crippen molar-refractivity contribution < 1.29 is 4.43 Å². The summed E-state index contributed by atoms with van der Waals surface area (Å²) in [5, 5.41) is 1.36. The van der Waals surface area contributed by atoms with E-state index in [0.29, 0.717) is 0 Å². The van der Waals surface area contributed by atoms with E-state index in [0.717, 1.165) is 5.88 Å². The number of benzene rings is 4. The molecule has 1 heterocycles. The maximum atomic E-state index is 6.70. The van der Waals surface area contributed by atoms with E-state index in [1.54, 1.807) is 0 Å². The van der Waals surface area contributed by atoms with Gasteiger partial charge in [0.2, 0.25) is 0 Å². The predicted octanol–water partition coefficient (Wildman–Crippen LogP) is 10.3. The van der Waals surface area contributed by atoms with Crippen molar-refractivity contribution in [2.45, 2.75) is 48.5 Å². The van der Waals surface area contributed by atoms with Crippen molar-refractivity contribution in [3.63, 3.8) is 0 Å². The Labute approximate surface area is 242 Å². The molecule has 0 bridgehead atoms. The third-order valence-electron chi connectivity index (χ3n) is 7.94. The molecule has 0 atom stereocenters. The Morgan fingerprint density at radius 1 is 0.667 bits per heavy atom. The minimum absolute atomic E-state index is 0.150. The number of aromatic nitrogens is 1. The number of hydrogen-bond acceptors (Lipinski definition) is 3. The molecule has 4 aromatic carbocycles. The van der Waals surface area contributed by atoms with Gasteiger partial charge in [0.05, 0.1) is 5.52 Å². The smallest absolute Gasteiger partial charge is 0.252 e. The molecule has 0 N–H and O–H groups in total. The number of fused-ring (bicyclic) bond motifs is 1. The highest BCUT2D eigenvalue weighted by Gasteiger charge is 2.40. The topological polar surface area (TPSA) is 14.2 Å². The van der Waals surface area contributed by atoms with E-state index in [4.69, 9.17) is 4.43 Å². The lowest BCUT2D eigenvalue weighted by molar-refractivity contribution is 0.462. The summed E-state index contributed by atoms with van der Waals surface area (Å²) < 4.78 is 8.53. The number of nitrogens with zero attached hydrogens (tertiary/aromatic N) is 1. The lowest BCUT2D eigenvalue weighted by Crippen LogP contribution is -2.44. The quantitative estimate of drug-likeness (QED) is 0.105. The minimum atomic E-state index is -1.94. The third-order valence-corrected chi connectivity index (χ3v) is 15.3. The zero-order valence-corrected chi connectivity index (χ0v) is 26.3. The van der Waals surface area contributed by atoms with Crippen molar-refractivity contribution in [2.75, 3.05) is 0 Å². The molecule has 0 aliphatic carbocycles. The number of rotatable bonds is 8. The van der Waals surface area contributed by atoms with Crippen LogP contribution in [-0.2, 0) is 11.8 Å². The van der Waals surface area contributed by atoms with Gasteiger partial charge < -0.3 is 8.99 Å². The fourth-order valence-corrected chi connectivity index (χ4v) is 8.72. The fourth-order valence-electron chi connectivity index (χ4n) is 4.64. The molecule has 5 heteroatoms. The number of hydrogen-bond donors (Lipinski definition) is 0. The Morgan fingerprint density at radius 3 is 1.62 bits per heavy atom. The first-order valence-electron chi connectivity index (χ1n) is 13.4. The highest BCUT2D eigenvalue weighted by molar-refractivity contribution is 8.77. The van der Waals surface area contributed by atoms with E-state index < -0.39 is 8.32 Å². The summed E-state index contributed by atoms with van der Waals surface area (Å²) in [6.07, 6.45) is 0. The van der Waals surface area contributed by atoms with E-state index in [-0.39, 0.29) is 9.79 Å². The van der Waals surface area contributed by atoms with Crippen LogP contribution in [0.1, 0.15) is 37.5 Å². The van der Waals surface area contributed by atoms with E-state index in [1.807, 2.05) is 21.6 Å². The summed E-state index contributed by atoms with van der Waals surface area (Å²) in [6, 6.07) is 41.6. The van der Waals surface area contributed by atoms with Crippen molar-refractivity contribution in [1.29, 1.82) is 0 Å². The summed E-state index contributed by atoms with van der Waals surface area (Å²) in [6.45, 7) is 11.5. The van der Waals surface area contributed by atoms with Crippen LogP contribution in [0.3, 0.4) is 0 Å². The normalized spacial score (nSPS) is 12.6. The SMILES string of the molecule is Cn1c(O[Si](C)(C)C(C)(C)C)cc2cc(SSC(c3ccccc3)(c3ccccc3)c3ccccc3)ccc21. The lowest BCUT2D eigenvalue weighted by Gasteiger charge is -2.36. The first-order valence-corrected chi connectivity index (χ1v) is 18.5. The summed E-state index contributed by atoms with van der Waals surface area (Å²) >= 11 is 0. The Bertz CT molecular complexity index is 1440. The molecule has 0 aliphatic rings. The molecule has 1 aromatic heterocycles. The molecule has 0 amide bonds. The highest BCUT2D eigenvalue weighted by atomic mass is 33.1. The maximum Gasteiger partial charge on any atom is 0.252 e. The first kappa shape index (κ1) is 27.7. The van der Waals surface area contributed by atoms with Gasteiger partial charge in [-0.15, -0.1) is 0 Å². The van der Waals surface area contributed by atoms with Crippen molar-refractivity contribution in [1.82, 2.24) is 4.57 Å². The summed E-state index contributed by atoms with van der Waals surface area (Å²) in [7, 11) is 3.91. The Balaban J connectivity index is 1.54. The van der Waals surface area contributed by atoms with Crippen LogP contribution in [0.25, 0.3) is 10.9 Å². The summed E-state index contributed by atoms with van der Waals surface area (Å²) in [5.41, 5.74) is 5.00. The molecule has 0 radical (unpaired) electrons. The molecule has 0 unspecified atom stereocenters. The zero-order valence-electron chi connectivity index (χ0n) is 23.6. The van der Waals surface area contributed by atoms with Gasteiger partial charge in [-0.2, -0.15) is 0 Å². The lowest BCUT2D eigenvalue weighted by atomic mass is 9.84. The van der Waals surface area contributed by atoms with Crippen molar-refractivity contribution in [3.05, 3.63) is 132 Å². The van der Waals surface area contributed by atoms with Gasteiger partial charge in [-0.05, 0) is 53.0 Å². The molecular formula is C34H37NOS2Si. The molecule has 0 aliphatic heterocycles. The third kappa shape index (κ3) is 5.45. The van der Waals surface area contributed by atoms with E-state index >= 15 is 0 Å². The van der Waals surface area contributed by atoms with E-state index in [1.165, 1.54) is 32.5 Å². The van der Waals surface area contributed by atoms with Crippen LogP contribution in [0.4, 0.5) is 0 Å². The first-order chi connectivity index (χ1) is 18.6. The van der Waals surface area contributed by atoms with E-state index in [9.17, 15) is 0 Å². The van der Waals surface area contributed by atoms with Gasteiger partial charge in [0.15, 0.2) is 5.88 Å². The fraction of sp³-hybridized carbons (Fsp3) is 0.235. The molecule has 200 valence electrons. The molecule has 0 spiro atoms. The second-order valence-corrected chi connectivity index (χ2v) is 18.7. The average molecular weight is 568 g/mol. The Hall–Kier alpha value is -2.86. The molecule has 0 fully saturated rings. The predicted molar refractivity (Wildman–Crippen MR) is 173 cm³/mol. The van der Waals surface area contributed by atoms with Crippen LogP contribution in [-0.4, -0.2) is 12.9 Å². The molecule has 0 saturated carbocycles. The van der Waals surface area contributed by atoms with Crippen LogP contribution in [0.15, 0.2) is 120 Å². The minimum Gasteiger partial charge on any atom is -0.532 e. The van der Waals surface area contributed by atoms with Gasteiger partial charge in [-0.3, -0.25) is 0 Å². The monoisotopic (exact) mass is 567 g/mol. The largest absolute Gasteiger partial charge is 0.532 e. The standard InChI is InChI=1S/C34H37NOS2Si/c1-33(2,3)39(5,6)36-32-25-26-24-30(22-23-31(26)35(32)4)37-38-34(27-16-10-7-11-17-27,28-18-12-8-13-19-28)29-20-14-9-15-21-29/h7-25H,1-6H3. The zero-order chi connectivity index (χ0) is 27.7. The molecular weight excluding hydrogens is 531 g/mol. The van der Waals surface area contributed by atoms with Crippen LogP contribution < -0.4 is 4.43 Å². The summed E-state index contributed by atoms with van der Waals surface area (Å²) in [5.74, 6) is 0.957. The van der Waals surface area contributed by atoms with Crippen LogP contribution >= 0.6 is 21.6 Å². The van der Waals surface area contributed by atoms with Gasteiger partial charge in [0.1, 0.15) is 4.75 Å². The number of aryl methyl sites for hydroxylation is 1. The molecule has 2 nitrogen and oxygen atoms in total. The molecule has 0 saturated heterocycles. The Morgan fingerprint density at radius 2 is 1.15 bits per heavy atom. The second-order valence-electron chi connectivity index (χ2n) is 11.6. The van der Waals surface area contributed by atoms with E-state index in [2.05, 4.69) is 161 Å². The summed E-state index contributed by atoms with van der Waals surface area (Å²) in [4.78, 5) is 1.23. The molecule has 5 rings (SSSR count). The van der Waals surface area contributed by atoms with Crippen molar-refractivity contribution in [2.24, 2.45) is 7.05 Å². The van der Waals surface area contributed by atoms with Crippen LogP contribution in [0.2, 0.25) is 18.1 Å². The van der Waals surface area contributed by atoms with Gasteiger partial charge in [-0.1, -0.05) is 133 Å². The van der Waals surface area contributed by atoms with Gasteiger partial charge in [-0.25, -0.2) is 0 Å². The average Bonchev–Trinajstić information content (AvgIpc) is 3.24. The molecule has 39 heavy (non-hydrogen) atoms. The second kappa shape index (κ2) is 11.0. The van der Waals surface area contributed by atoms with Gasteiger partial charge in [0, 0.05) is 23.4 Å². The van der Waals surface area contributed by atoms with Crippen molar-refractivity contribution in [3.8, 4) is 5.88 Å².